The van der Waals surface area contributed by atoms with Crippen LogP contribution in [0.3, 0.4) is 0 Å². The molecule has 2 atom stereocenters. The van der Waals surface area contributed by atoms with Crippen molar-refractivity contribution in [1.29, 1.82) is 0 Å². The average molecular weight is 274 g/mol. The molecule has 0 aromatic heterocycles. The van der Waals surface area contributed by atoms with Gasteiger partial charge in [0.25, 0.3) is 0 Å². The number of hydrogen-bond donors (Lipinski definition) is 1. The fourth-order valence-corrected chi connectivity index (χ4v) is 1.96. The van der Waals surface area contributed by atoms with E-state index in [1.807, 2.05) is 0 Å². The van der Waals surface area contributed by atoms with E-state index in [0.29, 0.717) is 12.8 Å². The highest BCUT2D eigenvalue weighted by atomic mass is 31.2. The summed E-state index contributed by atoms with van der Waals surface area (Å²) in [6.45, 7) is 2.57. The minimum Gasteiger partial charge on any atom is -0.302 e. The van der Waals surface area contributed by atoms with Gasteiger partial charge in [0, 0.05) is 0 Å². The van der Waals surface area contributed by atoms with E-state index in [2.05, 4.69) is 9.05 Å². The van der Waals surface area contributed by atoms with Gasteiger partial charge in [-0.1, -0.05) is 26.7 Å². The molecule has 0 aromatic rings. The summed E-state index contributed by atoms with van der Waals surface area (Å²) in [6, 6.07) is 0. The second-order valence-electron chi connectivity index (χ2n) is 3.83. The maximum absolute atomic E-state index is 13.0. The molecule has 4 nitrogen and oxygen atoms in total. The van der Waals surface area contributed by atoms with Crippen LogP contribution in [-0.4, -0.2) is 30.5 Å². The van der Waals surface area contributed by atoms with Crippen LogP contribution in [0.5, 0.6) is 0 Å². The van der Waals surface area contributed by atoms with Crippen molar-refractivity contribution in [1.82, 2.24) is 0 Å². The van der Waals surface area contributed by atoms with Gasteiger partial charge in [0.05, 0.1) is 13.2 Å². The third kappa shape index (κ3) is 9.65. The third-order valence-electron chi connectivity index (χ3n) is 2.04. The predicted molar refractivity (Wildman–Crippen MR) is 61.3 cm³/mol. The molecule has 0 bridgehead atoms. The Morgan fingerprint density at radius 2 is 1.41 bits per heavy atom. The topological polar surface area (TPSA) is 55.8 Å². The normalized spacial score (nSPS) is 18.6. The lowest BCUT2D eigenvalue weighted by molar-refractivity contribution is 0.0919. The molecule has 0 spiro atoms. The van der Waals surface area contributed by atoms with Crippen LogP contribution < -0.4 is 0 Å². The summed E-state index contributed by atoms with van der Waals surface area (Å²) in [5, 5.41) is 0. The lowest BCUT2D eigenvalue weighted by Crippen LogP contribution is -2.13. The van der Waals surface area contributed by atoms with Gasteiger partial charge in [-0.15, -0.1) is 0 Å². The number of hydrogen-bond acceptors (Lipinski definition) is 3. The zero-order valence-electron chi connectivity index (χ0n) is 10.3. The Labute approximate surface area is 101 Å². The Morgan fingerprint density at radius 1 is 1.06 bits per heavy atom. The number of phosphoric ester groups is 1. The van der Waals surface area contributed by atoms with Crippen molar-refractivity contribution in [3.05, 3.63) is 0 Å². The Morgan fingerprint density at radius 3 is 1.71 bits per heavy atom. The molecule has 0 rings (SSSR count). The van der Waals surface area contributed by atoms with E-state index in [-0.39, 0.29) is 12.8 Å². The largest absolute Gasteiger partial charge is 0.472 e. The summed E-state index contributed by atoms with van der Waals surface area (Å²) in [5.74, 6) is 0. The molecule has 0 fully saturated rings. The summed E-state index contributed by atoms with van der Waals surface area (Å²) in [6.07, 6.45) is -0.876. The van der Waals surface area contributed by atoms with E-state index in [9.17, 15) is 13.3 Å². The summed E-state index contributed by atoms with van der Waals surface area (Å²) in [5.41, 5.74) is 0. The van der Waals surface area contributed by atoms with Crippen molar-refractivity contribution in [2.24, 2.45) is 0 Å². The van der Waals surface area contributed by atoms with Crippen molar-refractivity contribution in [3.63, 3.8) is 0 Å². The number of rotatable bonds is 10. The molecule has 2 unspecified atom stereocenters. The lowest BCUT2D eigenvalue weighted by Gasteiger charge is -2.15. The maximum atomic E-state index is 13.0. The SMILES string of the molecule is CCCC(F)COP(=O)(O)OCC(F)CCC. The molecule has 0 aliphatic rings. The zero-order chi connectivity index (χ0) is 13.3. The zero-order valence-corrected chi connectivity index (χ0v) is 11.2. The highest BCUT2D eigenvalue weighted by Gasteiger charge is 2.24. The molecule has 0 radical (unpaired) electrons. The van der Waals surface area contributed by atoms with Crippen LogP contribution in [0.25, 0.3) is 0 Å². The second-order valence-corrected chi connectivity index (χ2v) is 5.29. The Bertz CT molecular complexity index is 220. The standard InChI is InChI=1S/C10H21F2O4P/c1-3-5-9(11)7-15-17(13,14)16-8-10(12)6-4-2/h9-10H,3-8H2,1-2H3,(H,13,14). The van der Waals surface area contributed by atoms with Crippen molar-refractivity contribution in [2.45, 2.75) is 51.9 Å². The molecule has 0 heterocycles. The third-order valence-corrected chi connectivity index (χ3v) is 2.99. The minimum absolute atomic E-state index is 0.252. The fraction of sp³-hybridized carbons (Fsp3) is 1.00. The van der Waals surface area contributed by atoms with Gasteiger partial charge in [-0.2, -0.15) is 0 Å². The van der Waals surface area contributed by atoms with Crippen LogP contribution in [0.2, 0.25) is 0 Å². The fourth-order valence-electron chi connectivity index (χ4n) is 1.18. The highest BCUT2D eigenvalue weighted by Crippen LogP contribution is 2.43. The van der Waals surface area contributed by atoms with Gasteiger partial charge in [0.15, 0.2) is 0 Å². The summed E-state index contributed by atoms with van der Waals surface area (Å²) >= 11 is 0. The Hall–Kier alpha value is -0.0300. The molecular formula is C10H21F2O4P. The summed E-state index contributed by atoms with van der Waals surface area (Å²) in [4.78, 5) is 9.13. The van der Waals surface area contributed by atoms with Crippen LogP contribution in [0.4, 0.5) is 8.78 Å². The van der Waals surface area contributed by atoms with Gasteiger partial charge in [0.2, 0.25) is 0 Å². The van der Waals surface area contributed by atoms with Crippen LogP contribution in [0.1, 0.15) is 39.5 Å². The second kappa shape index (κ2) is 8.97. The first kappa shape index (κ1) is 17.0. The summed E-state index contributed by atoms with van der Waals surface area (Å²) < 4.78 is 46.0. The monoisotopic (exact) mass is 274 g/mol. The molecule has 0 saturated heterocycles. The average Bonchev–Trinajstić information content (AvgIpc) is 2.25. The van der Waals surface area contributed by atoms with Gasteiger partial charge in [-0.3, -0.25) is 9.05 Å². The van der Waals surface area contributed by atoms with E-state index in [1.165, 1.54) is 0 Å². The number of alkyl halides is 2. The van der Waals surface area contributed by atoms with E-state index < -0.39 is 33.4 Å². The molecule has 0 saturated carbocycles. The molecule has 104 valence electrons. The molecule has 1 N–H and O–H groups in total. The van der Waals surface area contributed by atoms with Crippen molar-refractivity contribution in [2.75, 3.05) is 13.2 Å². The smallest absolute Gasteiger partial charge is 0.302 e. The van der Waals surface area contributed by atoms with Crippen LogP contribution in [0.15, 0.2) is 0 Å². The molecule has 0 amide bonds. The van der Waals surface area contributed by atoms with Gasteiger partial charge in [0.1, 0.15) is 12.3 Å². The Kier molecular flexibility index (Phi) is 8.96. The van der Waals surface area contributed by atoms with Gasteiger partial charge in [-0.25, -0.2) is 13.3 Å². The first-order chi connectivity index (χ1) is 7.91. The first-order valence-corrected chi connectivity index (χ1v) is 7.30. The molecule has 0 aromatic carbocycles. The van der Waals surface area contributed by atoms with Crippen molar-refractivity contribution >= 4 is 7.82 Å². The van der Waals surface area contributed by atoms with E-state index in [0.717, 1.165) is 0 Å². The lowest BCUT2D eigenvalue weighted by atomic mass is 10.2. The molecule has 7 heteroatoms. The van der Waals surface area contributed by atoms with Crippen LogP contribution in [0, 0.1) is 0 Å². The van der Waals surface area contributed by atoms with Gasteiger partial charge >= 0.3 is 7.82 Å². The molecular weight excluding hydrogens is 253 g/mol. The molecule has 0 aliphatic carbocycles. The highest BCUT2D eigenvalue weighted by molar-refractivity contribution is 7.47. The van der Waals surface area contributed by atoms with Crippen LogP contribution >= 0.6 is 7.82 Å². The van der Waals surface area contributed by atoms with Crippen molar-refractivity contribution in [3.8, 4) is 0 Å². The maximum Gasteiger partial charge on any atom is 0.472 e. The quantitative estimate of drug-likeness (QED) is 0.620. The predicted octanol–water partition coefficient (Wildman–Crippen LogP) is 3.40. The van der Waals surface area contributed by atoms with Crippen molar-refractivity contribution < 1.29 is 27.3 Å². The minimum atomic E-state index is -4.33. The Balaban J connectivity index is 3.83. The molecule has 0 aliphatic heterocycles. The van der Waals surface area contributed by atoms with Gasteiger partial charge < -0.3 is 4.89 Å². The van der Waals surface area contributed by atoms with E-state index in [1.54, 1.807) is 13.8 Å². The number of halogens is 2. The van der Waals surface area contributed by atoms with Crippen LogP contribution in [-0.2, 0) is 13.6 Å². The first-order valence-electron chi connectivity index (χ1n) is 5.81. The van der Waals surface area contributed by atoms with E-state index in [4.69, 9.17) is 4.89 Å². The number of phosphoric acid groups is 1. The van der Waals surface area contributed by atoms with E-state index >= 15 is 0 Å². The molecule has 17 heavy (non-hydrogen) atoms. The summed E-state index contributed by atoms with van der Waals surface area (Å²) in [7, 11) is -4.33. The van der Waals surface area contributed by atoms with Gasteiger partial charge in [-0.05, 0) is 12.8 Å².